The highest BCUT2D eigenvalue weighted by atomic mass is 35.5. The van der Waals surface area contributed by atoms with Crippen LogP contribution >= 0.6 is 11.6 Å². The lowest BCUT2D eigenvalue weighted by Crippen LogP contribution is -2.48. The average molecular weight is 347 g/mol. The van der Waals surface area contributed by atoms with E-state index in [4.69, 9.17) is 11.6 Å². The number of carbonyl (C=O) groups is 1. The molecule has 2 aromatic rings. The van der Waals surface area contributed by atoms with E-state index in [2.05, 4.69) is 16.1 Å². The van der Waals surface area contributed by atoms with E-state index in [-0.39, 0.29) is 5.91 Å². The molecule has 1 saturated heterocycles. The fourth-order valence-electron chi connectivity index (χ4n) is 3.08. The van der Waals surface area contributed by atoms with E-state index in [1.54, 1.807) is 0 Å². The Balaban J connectivity index is 1.51. The van der Waals surface area contributed by atoms with Crippen molar-refractivity contribution in [1.29, 1.82) is 0 Å². The van der Waals surface area contributed by atoms with Crippen molar-refractivity contribution in [3.63, 3.8) is 0 Å². The summed E-state index contributed by atoms with van der Waals surface area (Å²) in [5, 5.41) is 4.98. The predicted molar refractivity (Wildman–Crippen MR) is 96.5 cm³/mol. The Morgan fingerprint density at radius 3 is 2.62 bits per heavy atom. The molecule has 24 heavy (non-hydrogen) atoms. The Morgan fingerprint density at radius 1 is 1.25 bits per heavy atom. The molecule has 1 aromatic heterocycles. The number of nitrogens with zero attached hydrogens (tertiary/aromatic N) is 4. The zero-order valence-corrected chi connectivity index (χ0v) is 15.0. The van der Waals surface area contributed by atoms with E-state index >= 15 is 0 Å². The Labute approximate surface area is 147 Å². The van der Waals surface area contributed by atoms with E-state index in [9.17, 15) is 4.79 Å². The summed E-state index contributed by atoms with van der Waals surface area (Å²) >= 11 is 6.06. The van der Waals surface area contributed by atoms with Crippen LogP contribution in [0.15, 0.2) is 30.5 Å². The summed E-state index contributed by atoms with van der Waals surface area (Å²) in [4.78, 5) is 16.7. The molecule has 1 aliphatic rings. The summed E-state index contributed by atoms with van der Waals surface area (Å²) in [7, 11) is 1.93. The third-order valence-electron chi connectivity index (χ3n) is 4.75. The maximum atomic E-state index is 12.4. The minimum Gasteiger partial charge on any atom is -0.368 e. The number of carbonyl (C=O) groups excluding carboxylic acids is 1. The summed E-state index contributed by atoms with van der Waals surface area (Å²) in [6.07, 6.45) is 3.16. The average Bonchev–Trinajstić information content (AvgIpc) is 2.92. The van der Waals surface area contributed by atoms with Crippen LogP contribution in [-0.2, 0) is 18.3 Å². The number of amides is 1. The van der Waals surface area contributed by atoms with Gasteiger partial charge in [0.05, 0.1) is 6.20 Å². The Bertz CT molecular complexity index is 720. The van der Waals surface area contributed by atoms with Crippen LogP contribution in [0.3, 0.4) is 0 Å². The minimum absolute atomic E-state index is 0.226. The van der Waals surface area contributed by atoms with Gasteiger partial charge in [-0.3, -0.25) is 9.48 Å². The van der Waals surface area contributed by atoms with Crippen molar-refractivity contribution in [3.05, 3.63) is 46.7 Å². The number of aryl methyl sites for hydroxylation is 2. The third kappa shape index (κ3) is 3.73. The van der Waals surface area contributed by atoms with Gasteiger partial charge >= 0.3 is 0 Å². The van der Waals surface area contributed by atoms with E-state index < -0.39 is 0 Å². The monoisotopic (exact) mass is 346 g/mol. The number of aromatic nitrogens is 2. The van der Waals surface area contributed by atoms with E-state index in [1.807, 2.05) is 47.9 Å². The highest BCUT2D eigenvalue weighted by Crippen LogP contribution is 2.21. The first-order valence-electron chi connectivity index (χ1n) is 8.30. The summed E-state index contributed by atoms with van der Waals surface area (Å²) in [5.74, 6) is 0.226. The molecule has 0 atom stereocenters. The molecule has 1 amide bonds. The summed E-state index contributed by atoms with van der Waals surface area (Å²) in [5.41, 5.74) is 3.41. The molecule has 1 fully saturated rings. The van der Waals surface area contributed by atoms with Gasteiger partial charge in [-0.25, -0.2) is 0 Å². The third-order valence-corrected chi connectivity index (χ3v) is 4.99. The molecule has 0 N–H and O–H groups in total. The zero-order chi connectivity index (χ0) is 17.1. The zero-order valence-electron chi connectivity index (χ0n) is 14.2. The van der Waals surface area contributed by atoms with Crippen LogP contribution in [-0.4, -0.2) is 46.8 Å². The van der Waals surface area contributed by atoms with Crippen LogP contribution in [0.1, 0.15) is 17.7 Å². The van der Waals surface area contributed by atoms with E-state index in [0.717, 1.165) is 54.6 Å². The number of hydrogen-bond acceptors (Lipinski definition) is 3. The summed E-state index contributed by atoms with van der Waals surface area (Å²) < 4.78 is 1.85. The number of anilines is 1. The highest BCUT2D eigenvalue weighted by molar-refractivity contribution is 6.30. The smallest absolute Gasteiger partial charge is 0.223 e. The molecule has 1 aromatic carbocycles. The van der Waals surface area contributed by atoms with Gasteiger partial charge in [-0.2, -0.15) is 5.10 Å². The molecular weight excluding hydrogens is 324 g/mol. The lowest BCUT2D eigenvalue weighted by Gasteiger charge is -2.36. The highest BCUT2D eigenvalue weighted by Gasteiger charge is 2.21. The SMILES string of the molecule is Cc1c(CCC(=O)N2CCN(c3cccc(Cl)c3)CC2)cnn1C. The van der Waals surface area contributed by atoms with Crippen molar-refractivity contribution in [1.82, 2.24) is 14.7 Å². The molecule has 6 heteroatoms. The molecule has 0 bridgehead atoms. The lowest BCUT2D eigenvalue weighted by molar-refractivity contribution is -0.131. The maximum Gasteiger partial charge on any atom is 0.223 e. The van der Waals surface area contributed by atoms with Gasteiger partial charge in [0.2, 0.25) is 5.91 Å². The van der Waals surface area contributed by atoms with Crippen molar-refractivity contribution >= 4 is 23.2 Å². The Hall–Kier alpha value is -2.01. The second-order valence-corrected chi connectivity index (χ2v) is 6.66. The van der Waals surface area contributed by atoms with Gasteiger partial charge < -0.3 is 9.80 Å². The van der Waals surface area contributed by atoms with Crippen LogP contribution in [0.5, 0.6) is 0 Å². The van der Waals surface area contributed by atoms with Crippen LogP contribution in [0.4, 0.5) is 5.69 Å². The first-order valence-corrected chi connectivity index (χ1v) is 8.68. The summed E-state index contributed by atoms with van der Waals surface area (Å²) in [6.45, 7) is 5.25. The van der Waals surface area contributed by atoms with Crippen LogP contribution < -0.4 is 4.90 Å². The Morgan fingerprint density at radius 2 is 2.00 bits per heavy atom. The van der Waals surface area contributed by atoms with Gasteiger partial charge in [0.1, 0.15) is 0 Å². The van der Waals surface area contributed by atoms with Crippen LogP contribution in [0.2, 0.25) is 5.02 Å². The fraction of sp³-hybridized carbons (Fsp3) is 0.444. The molecule has 0 aliphatic carbocycles. The molecular formula is C18H23ClN4O. The number of hydrogen-bond donors (Lipinski definition) is 0. The first kappa shape index (κ1) is 16.8. The van der Waals surface area contributed by atoms with Gasteiger partial charge in [-0.15, -0.1) is 0 Å². The van der Waals surface area contributed by atoms with Gasteiger partial charge in [0, 0.05) is 56.1 Å². The molecule has 0 unspecified atom stereocenters. The molecule has 0 radical (unpaired) electrons. The van der Waals surface area contributed by atoms with Crippen molar-refractivity contribution < 1.29 is 4.79 Å². The van der Waals surface area contributed by atoms with Gasteiger partial charge in [0.25, 0.3) is 0 Å². The minimum atomic E-state index is 0.226. The quantitative estimate of drug-likeness (QED) is 0.854. The number of halogens is 1. The number of benzene rings is 1. The maximum absolute atomic E-state index is 12.4. The van der Waals surface area contributed by atoms with E-state index in [0.29, 0.717) is 6.42 Å². The molecule has 2 heterocycles. The fourth-order valence-corrected chi connectivity index (χ4v) is 3.26. The first-order chi connectivity index (χ1) is 11.5. The molecule has 0 saturated carbocycles. The normalized spacial score (nSPS) is 15.0. The number of rotatable bonds is 4. The Kier molecular flexibility index (Phi) is 5.09. The van der Waals surface area contributed by atoms with Crippen molar-refractivity contribution in [2.75, 3.05) is 31.1 Å². The van der Waals surface area contributed by atoms with Crippen molar-refractivity contribution in [2.45, 2.75) is 19.8 Å². The second-order valence-electron chi connectivity index (χ2n) is 6.23. The lowest BCUT2D eigenvalue weighted by atomic mass is 10.1. The topological polar surface area (TPSA) is 41.4 Å². The van der Waals surface area contributed by atoms with Gasteiger partial charge in [-0.05, 0) is 37.1 Å². The van der Waals surface area contributed by atoms with Gasteiger partial charge in [-0.1, -0.05) is 17.7 Å². The van der Waals surface area contributed by atoms with Crippen LogP contribution in [0.25, 0.3) is 0 Å². The van der Waals surface area contributed by atoms with E-state index in [1.165, 1.54) is 0 Å². The largest absolute Gasteiger partial charge is 0.368 e. The number of piperazine rings is 1. The molecule has 128 valence electrons. The molecule has 1 aliphatic heterocycles. The van der Waals surface area contributed by atoms with Crippen LogP contribution in [0, 0.1) is 6.92 Å². The molecule has 5 nitrogen and oxygen atoms in total. The standard InChI is InChI=1S/C18H23ClN4O/c1-14-15(13-20-21(14)2)6-7-18(24)23-10-8-22(9-11-23)17-5-3-4-16(19)12-17/h3-5,12-13H,6-11H2,1-2H3. The second kappa shape index (κ2) is 7.26. The van der Waals surface area contributed by atoms with Gasteiger partial charge in [0.15, 0.2) is 0 Å². The van der Waals surface area contributed by atoms with Crippen molar-refractivity contribution in [2.24, 2.45) is 7.05 Å². The summed E-state index contributed by atoms with van der Waals surface area (Å²) in [6, 6.07) is 7.88. The predicted octanol–water partition coefficient (Wildman–Crippen LogP) is 2.66. The van der Waals surface area contributed by atoms with Crippen molar-refractivity contribution in [3.8, 4) is 0 Å². The molecule has 3 rings (SSSR count). The molecule has 0 spiro atoms.